The van der Waals surface area contributed by atoms with E-state index in [-0.39, 0.29) is 11.4 Å². The molecule has 10 heteroatoms. The molecule has 0 spiro atoms. The van der Waals surface area contributed by atoms with Crippen molar-refractivity contribution in [1.29, 1.82) is 5.53 Å². The highest BCUT2D eigenvalue weighted by molar-refractivity contribution is 7.98. The molecule has 0 aliphatic heterocycles. The Balaban J connectivity index is 2.11. The molecule has 2 heterocycles. The minimum Gasteiger partial charge on any atom is -0.338 e. The van der Waals surface area contributed by atoms with Gasteiger partial charge in [-0.3, -0.25) is 14.6 Å². The lowest BCUT2D eigenvalue weighted by Crippen LogP contribution is -2.28. The van der Waals surface area contributed by atoms with E-state index >= 15 is 0 Å². The Morgan fingerprint density at radius 2 is 2.00 bits per heavy atom. The standard InChI is InChI=1S/C17H15N7O2S/c1-27-17-21-14(12(15(25)22-17)16(26)23-24-18)20-11-8-5-9-19-13(11)10-6-3-2-4-7-10/h2-9H,1H3,(H2,18,23,26)(H2,20,21,22,25). The molecule has 0 aliphatic carbocycles. The van der Waals surface area contributed by atoms with Gasteiger partial charge in [0.05, 0.1) is 11.4 Å². The summed E-state index contributed by atoms with van der Waals surface area (Å²) in [4.78, 5) is 35.7. The number of nitrogens with zero attached hydrogens (tertiary/aromatic N) is 3. The minimum absolute atomic E-state index is 0.0504. The number of carbonyl (C=O) groups excluding carboxylic acids is 1. The summed E-state index contributed by atoms with van der Waals surface area (Å²) in [5.74, 6) is -0.784. The van der Waals surface area contributed by atoms with Crippen LogP contribution in [0, 0.1) is 5.53 Å². The second-order valence-corrected chi connectivity index (χ2v) is 6.04. The van der Waals surface area contributed by atoms with Gasteiger partial charge in [-0.15, -0.1) is 0 Å². The van der Waals surface area contributed by atoms with E-state index in [1.165, 1.54) is 11.8 Å². The van der Waals surface area contributed by atoms with E-state index in [1.54, 1.807) is 24.6 Å². The monoisotopic (exact) mass is 381 g/mol. The number of aromatic amines is 1. The Morgan fingerprint density at radius 3 is 2.70 bits per heavy atom. The number of rotatable bonds is 6. The van der Waals surface area contributed by atoms with E-state index in [9.17, 15) is 9.59 Å². The summed E-state index contributed by atoms with van der Waals surface area (Å²) < 4.78 is 0. The smallest absolute Gasteiger partial charge is 0.282 e. The molecule has 4 N–H and O–H groups in total. The van der Waals surface area contributed by atoms with Crippen LogP contribution in [0.3, 0.4) is 0 Å². The number of amides is 1. The lowest BCUT2D eigenvalue weighted by molar-refractivity contribution is 0.0949. The number of hydrogen-bond acceptors (Lipinski definition) is 8. The molecule has 27 heavy (non-hydrogen) atoms. The predicted octanol–water partition coefficient (Wildman–Crippen LogP) is 2.97. The van der Waals surface area contributed by atoms with E-state index in [1.807, 2.05) is 35.8 Å². The third kappa shape index (κ3) is 4.01. The number of anilines is 2. The van der Waals surface area contributed by atoms with Crippen molar-refractivity contribution < 1.29 is 4.79 Å². The van der Waals surface area contributed by atoms with Crippen molar-refractivity contribution in [3.8, 4) is 11.3 Å². The summed E-state index contributed by atoms with van der Waals surface area (Å²) in [7, 11) is 0. The first-order chi connectivity index (χ1) is 13.1. The fourth-order valence-corrected chi connectivity index (χ4v) is 2.79. The Labute approximate surface area is 158 Å². The van der Waals surface area contributed by atoms with Gasteiger partial charge >= 0.3 is 0 Å². The third-order valence-electron chi connectivity index (χ3n) is 3.58. The van der Waals surface area contributed by atoms with Crippen molar-refractivity contribution in [3.63, 3.8) is 0 Å². The van der Waals surface area contributed by atoms with Crippen LogP contribution in [0.4, 0.5) is 11.5 Å². The molecule has 0 bridgehead atoms. The molecule has 136 valence electrons. The summed E-state index contributed by atoms with van der Waals surface area (Å²) in [6.45, 7) is 0. The third-order valence-corrected chi connectivity index (χ3v) is 4.16. The summed E-state index contributed by atoms with van der Waals surface area (Å²) in [5, 5.41) is 6.20. The normalized spacial score (nSPS) is 10.3. The highest BCUT2D eigenvalue weighted by Crippen LogP contribution is 2.28. The SMILES string of the molecule is CSc1nc(Nc2cccnc2-c2ccccc2)c(C(=O)NN=N)c(=O)[nH]1. The molecule has 3 aromatic rings. The minimum atomic E-state index is -0.834. The van der Waals surface area contributed by atoms with Gasteiger partial charge in [0.1, 0.15) is 5.56 Å². The Hall–Kier alpha value is -3.53. The van der Waals surface area contributed by atoms with Crippen molar-refractivity contribution in [3.05, 3.63) is 64.6 Å². The number of benzene rings is 1. The van der Waals surface area contributed by atoms with Gasteiger partial charge in [-0.2, -0.15) is 5.53 Å². The van der Waals surface area contributed by atoms with Gasteiger partial charge in [0, 0.05) is 11.8 Å². The molecule has 0 saturated carbocycles. The molecule has 1 amide bonds. The number of H-pyrrole nitrogens is 1. The molecular formula is C17H15N7O2S. The first-order valence-corrected chi connectivity index (χ1v) is 8.99. The number of pyridine rings is 1. The molecule has 0 aliphatic rings. The zero-order valence-electron chi connectivity index (χ0n) is 14.2. The molecule has 2 aromatic heterocycles. The second kappa shape index (κ2) is 8.23. The maximum Gasteiger partial charge on any atom is 0.282 e. The molecular weight excluding hydrogens is 366 g/mol. The van der Waals surface area contributed by atoms with Crippen LogP contribution < -0.4 is 16.3 Å². The predicted molar refractivity (Wildman–Crippen MR) is 102 cm³/mol. The van der Waals surface area contributed by atoms with Gasteiger partial charge in [0.25, 0.3) is 11.5 Å². The van der Waals surface area contributed by atoms with E-state index in [0.29, 0.717) is 16.5 Å². The second-order valence-electron chi connectivity index (χ2n) is 5.24. The van der Waals surface area contributed by atoms with Crippen LogP contribution in [0.2, 0.25) is 0 Å². The van der Waals surface area contributed by atoms with E-state index in [2.05, 4.69) is 25.5 Å². The van der Waals surface area contributed by atoms with Crippen LogP contribution in [-0.4, -0.2) is 27.1 Å². The van der Waals surface area contributed by atoms with Crippen LogP contribution >= 0.6 is 11.8 Å². The number of aromatic nitrogens is 3. The number of carbonyl (C=O) groups is 1. The van der Waals surface area contributed by atoms with Crippen molar-refractivity contribution in [2.75, 3.05) is 11.6 Å². The van der Waals surface area contributed by atoms with E-state index < -0.39 is 11.5 Å². The zero-order valence-corrected chi connectivity index (χ0v) is 15.0. The molecule has 1 aromatic carbocycles. The Morgan fingerprint density at radius 1 is 1.22 bits per heavy atom. The van der Waals surface area contributed by atoms with Crippen LogP contribution in [0.15, 0.2) is 63.8 Å². The van der Waals surface area contributed by atoms with E-state index in [0.717, 1.165) is 5.56 Å². The molecule has 3 rings (SSSR count). The highest BCUT2D eigenvalue weighted by atomic mass is 32.2. The molecule has 0 atom stereocenters. The van der Waals surface area contributed by atoms with Crippen molar-refractivity contribution in [2.45, 2.75) is 5.16 Å². The zero-order chi connectivity index (χ0) is 19.2. The first-order valence-electron chi connectivity index (χ1n) is 7.76. The molecule has 0 saturated heterocycles. The maximum atomic E-state index is 12.4. The average Bonchev–Trinajstić information content (AvgIpc) is 2.69. The summed E-state index contributed by atoms with van der Waals surface area (Å²) >= 11 is 1.23. The quantitative estimate of drug-likeness (QED) is 0.224. The summed E-state index contributed by atoms with van der Waals surface area (Å²) in [6, 6.07) is 13.0. The van der Waals surface area contributed by atoms with E-state index in [4.69, 9.17) is 5.53 Å². The first kappa shape index (κ1) is 18.3. The van der Waals surface area contributed by atoms with Crippen molar-refractivity contribution in [2.24, 2.45) is 5.22 Å². The van der Waals surface area contributed by atoms with Crippen LogP contribution in [-0.2, 0) is 0 Å². The Kier molecular flexibility index (Phi) is 5.57. The molecule has 0 fully saturated rings. The molecule has 0 unspecified atom stereocenters. The highest BCUT2D eigenvalue weighted by Gasteiger charge is 2.20. The average molecular weight is 381 g/mol. The lowest BCUT2D eigenvalue weighted by Gasteiger charge is -2.13. The topological polar surface area (TPSA) is 136 Å². The van der Waals surface area contributed by atoms with Crippen molar-refractivity contribution in [1.82, 2.24) is 20.4 Å². The fraction of sp³-hybridized carbons (Fsp3) is 0.0588. The van der Waals surface area contributed by atoms with Crippen LogP contribution in [0.1, 0.15) is 10.4 Å². The molecule has 0 radical (unpaired) electrons. The summed E-state index contributed by atoms with van der Waals surface area (Å²) in [5.41, 5.74) is 9.91. The number of nitrogens with one attached hydrogen (secondary N) is 4. The van der Waals surface area contributed by atoms with Gasteiger partial charge in [-0.1, -0.05) is 47.3 Å². The lowest BCUT2D eigenvalue weighted by atomic mass is 10.1. The molecule has 9 nitrogen and oxygen atoms in total. The Bertz CT molecular complexity index is 1040. The van der Waals surface area contributed by atoms with Gasteiger partial charge in [-0.05, 0) is 18.4 Å². The maximum absolute atomic E-state index is 12.4. The van der Waals surface area contributed by atoms with Gasteiger partial charge in [0.15, 0.2) is 11.0 Å². The van der Waals surface area contributed by atoms with Crippen LogP contribution in [0.5, 0.6) is 0 Å². The van der Waals surface area contributed by atoms with Crippen LogP contribution in [0.25, 0.3) is 11.3 Å². The fourth-order valence-electron chi connectivity index (χ4n) is 2.42. The summed E-state index contributed by atoms with van der Waals surface area (Å²) in [6.07, 6.45) is 3.40. The number of hydrogen-bond donors (Lipinski definition) is 4. The van der Waals surface area contributed by atoms with Gasteiger partial charge in [-0.25, -0.2) is 10.4 Å². The number of thioether (sulfide) groups is 1. The largest absolute Gasteiger partial charge is 0.338 e. The van der Waals surface area contributed by atoms with Crippen molar-refractivity contribution >= 4 is 29.2 Å². The van der Waals surface area contributed by atoms with Gasteiger partial charge < -0.3 is 10.3 Å². The van der Waals surface area contributed by atoms with Gasteiger partial charge in [0.2, 0.25) is 0 Å².